The number of nitro groups is 1. The molecule has 0 aliphatic rings. The molecule has 0 saturated carbocycles. The van der Waals surface area contributed by atoms with Crippen molar-refractivity contribution in [2.45, 2.75) is 19.9 Å². The number of nitrogens with zero attached hydrogens (tertiary/aromatic N) is 2. The molecule has 0 radical (unpaired) electrons. The number of carbonyl (C=O) groups excluding carboxylic acids is 2. The standard InChI is InChI=1S/C8H14N2O4S/c1-6(4-10(13)14)9(3)8(12)5-15-7(2)11/h6H,4-5H2,1-3H3. The largest absolute Gasteiger partial charge is 0.336 e. The quantitative estimate of drug-likeness (QED) is 0.507. The summed E-state index contributed by atoms with van der Waals surface area (Å²) in [5.41, 5.74) is 0. The van der Waals surface area contributed by atoms with E-state index in [1.807, 2.05) is 0 Å². The van der Waals surface area contributed by atoms with Crippen molar-refractivity contribution in [1.29, 1.82) is 0 Å². The molecule has 86 valence electrons. The molecule has 7 heteroatoms. The molecule has 0 rings (SSSR count). The lowest BCUT2D eigenvalue weighted by Crippen LogP contribution is -2.40. The van der Waals surface area contributed by atoms with Gasteiger partial charge in [0.25, 0.3) is 0 Å². The van der Waals surface area contributed by atoms with Gasteiger partial charge in [-0.05, 0) is 6.92 Å². The fourth-order valence-corrected chi connectivity index (χ4v) is 1.38. The Labute approximate surface area is 92.2 Å². The number of rotatable bonds is 5. The van der Waals surface area contributed by atoms with Gasteiger partial charge in [0.15, 0.2) is 5.12 Å². The van der Waals surface area contributed by atoms with E-state index >= 15 is 0 Å². The van der Waals surface area contributed by atoms with E-state index in [2.05, 4.69) is 0 Å². The van der Waals surface area contributed by atoms with Gasteiger partial charge in [-0.25, -0.2) is 0 Å². The lowest BCUT2D eigenvalue weighted by Gasteiger charge is -2.21. The van der Waals surface area contributed by atoms with Crippen molar-refractivity contribution >= 4 is 22.8 Å². The molecule has 0 aliphatic heterocycles. The Morgan fingerprint density at radius 3 is 2.47 bits per heavy atom. The van der Waals surface area contributed by atoms with Crippen LogP contribution in [-0.4, -0.2) is 46.2 Å². The van der Waals surface area contributed by atoms with E-state index in [-0.39, 0.29) is 23.3 Å². The van der Waals surface area contributed by atoms with Crippen LogP contribution in [0.4, 0.5) is 0 Å². The molecule has 0 spiro atoms. The van der Waals surface area contributed by atoms with Gasteiger partial charge in [-0.2, -0.15) is 0 Å². The minimum Gasteiger partial charge on any atom is -0.336 e. The Morgan fingerprint density at radius 1 is 1.53 bits per heavy atom. The smallest absolute Gasteiger partial charge is 0.233 e. The average molecular weight is 234 g/mol. The molecule has 0 saturated heterocycles. The highest BCUT2D eigenvalue weighted by Gasteiger charge is 2.20. The number of carbonyl (C=O) groups is 2. The summed E-state index contributed by atoms with van der Waals surface area (Å²) in [7, 11) is 1.50. The van der Waals surface area contributed by atoms with E-state index < -0.39 is 11.0 Å². The van der Waals surface area contributed by atoms with E-state index in [9.17, 15) is 19.7 Å². The monoisotopic (exact) mass is 234 g/mol. The van der Waals surface area contributed by atoms with Crippen LogP contribution in [0.25, 0.3) is 0 Å². The summed E-state index contributed by atoms with van der Waals surface area (Å²) in [4.78, 5) is 33.0. The van der Waals surface area contributed by atoms with Crippen molar-refractivity contribution in [3.63, 3.8) is 0 Å². The van der Waals surface area contributed by atoms with Crippen LogP contribution < -0.4 is 0 Å². The highest BCUT2D eigenvalue weighted by molar-refractivity contribution is 8.14. The predicted octanol–water partition coefficient (Wildman–Crippen LogP) is 0.390. The van der Waals surface area contributed by atoms with Crippen molar-refractivity contribution in [2.24, 2.45) is 0 Å². The first-order chi connectivity index (χ1) is 6.84. The molecule has 15 heavy (non-hydrogen) atoms. The molecule has 0 heterocycles. The maximum atomic E-state index is 11.4. The van der Waals surface area contributed by atoms with Crippen LogP contribution in [0.2, 0.25) is 0 Å². The SMILES string of the molecule is CC(=O)SCC(=O)N(C)C(C)C[N+](=O)[O-]. The Bertz CT molecular complexity index is 269. The fourth-order valence-electron chi connectivity index (χ4n) is 0.849. The van der Waals surface area contributed by atoms with Crippen molar-refractivity contribution in [3.05, 3.63) is 10.1 Å². The Balaban J connectivity index is 4.07. The highest BCUT2D eigenvalue weighted by Crippen LogP contribution is 2.05. The van der Waals surface area contributed by atoms with Crippen LogP contribution in [-0.2, 0) is 9.59 Å². The summed E-state index contributed by atoms with van der Waals surface area (Å²) in [5, 5.41) is 10.1. The van der Waals surface area contributed by atoms with Crippen molar-refractivity contribution in [3.8, 4) is 0 Å². The molecule has 0 aliphatic carbocycles. The van der Waals surface area contributed by atoms with Crippen LogP contribution in [0.3, 0.4) is 0 Å². The molecule has 1 unspecified atom stereocenters. The molecular formula is C8H14N2O4S. The van der Waals surface area contributed by atoms with Crippen LogP contribution in [0.1, 0.15) is 13.8 Å². The molecule has 0 aromatic heterocycles. The third-order valence-electron chi connectivity index (χ3n) is 1.87. The summed E-state index contributed by atoms with van der Waals surface area (Å²) >= 11 is 0.904. The maximum Gasteiger partial charge on any atom is 0.233 e. The second-order valence-corrected chi connectivity index (χ2v) is 4.30. The highest BCUT2D eigenvalue weighted by atomic mass is 32.2. The van der Waals surface area contributed by atoms with Gasteiger partial charge in [-0.3, -0.25) is 19.7 Å². The number of thioether (sulfide) groups is 1. The summed E-state index contributed by atoms with van der Waals surface area (Å²) in [6.45, 7) is 2.69. The zero-order valence-corrected chi connectivity index (χ0v) is 9.74. The van der Waals surface area contributed by atoms with Gasteiger partial charge < -0.3 is 4.90 Å². The maximum absolute atomic E-state index is 11.4. The molecule has 0 N–H and O–H groups in total. The van der Waals surface area contributed by atoms with Crippen LogP contribution >= 0.6 is 11.8 Å². The molecule has 0 aromatic carbocycles. The van der Waals surface area contributed by atoms with Gasteiger partial charge in [-0.15, -0.1) is 0 Å². The van der Waals surface area contributed by atoms with E-state index in [0.29, 0.717) is 0 Å². The topological polar surface area (TPSA) is 80.5 Å². The third-order valence-corrected chi connectivity index (χ3v) is 2.66. The second kappa shape index (κ2) is 6.39. The minimum absolute atomic E-state index is 0.0356. The first-order valence-corrected chi connectivity index (χ1v) is 5.34. The fraction of sp³-hybridized carbons (Fsp3) is 0.750. The summed E-state index contributed by atoms with van der Waals surface area (Å²) < 4.78 is 0. The molecule has 1 amide bonds. The number of hydrogen-bond donors (Lipinski definition) is 0. The van der Waals surface area contributed by atoms with Gasteiger partial charge in [-0.1, -0.05) is 11.8 Å². The Hall–Kier alpha value is -1.11. The minimum atomic E-state index is -0.466. The molecule has 0 aromatic rings. The first kappa shape index (κ1) is 13.9. The molecule has 0 fully saturated rings. The number of likely N-dealkylation sites (N-methyl/N-ethyl adjacent to an activating group) is 1. The van der Waals surface area contributed by atoms with Gasteiger partial charge in [0.1, 0.15) is 0 Å². The Morgan fingerprint density at radius 2 is 2.07 bits per heavy atom. The van der Waals surface area contributed by atoms with Gasteiger partial charge in [0.05, 0.1) is 11.8 Å². The van der Waals surface area contributed by atoms with Gasteiger partial charge >= 0.3 is 0 Å². The van der Waals surface area contributed by atoms with Crippen LogP contribution in [0.15, 0.2) is 0 Å². The summed E-state index contributed by atoms with van der Waals surface area (Å²) in [6, 6.07) is -0.458. The van der Waals surface area contributed by atoms with Gasteiger partial charge in [0, 0.05) is 18.9 Å². The van der Waals surface area contributed by atoms with Gasteiger partial charge in [0.2, 0.25) is 12.5 Å². The Kier molecular flexibility index (Phi) is 5.92. The zero-order valence-electron chi connectivity index (χ0n) is 8.93. The zero-order chi connectivity index (χ0) is 12.0. The molecular weight excluding hydrogens is 220 g/mol. The van der Waals surface area contributed by atoms with E-state index in [4.69, 9.17) is 0 Å². The average Bonchev–Trinajstić information content (AvgIpc) is 2.11. The number of hydrogen-bond acceptors (Lipinski definition) is 5. The van der Waals surface area contributed by atoms with Crippen LogP contribution in [0.5, 0.6) is 0 Å². The van der Waals surface area contributed by atoms with Crippen LogP contribution in [0, 0.1) is 10.1 Å². The van der Waals surface area contributed by atoms with E-state index in [1.165, 1.54) is 18.9 Å². The normalized spacial score (nSPS) is 11.9. The van der Waals surface area contributed by atoms with E-state index in [0.717, 1.165) is 11.8 Å². The lowest BCUT2D eigenvalue weighted by molar-refractivity contribution is -0.485. The van der Waals surface area contributed by atoms with Crippen molar-refractivity contribution in [1.82, 2.24) is 4.90 Å². The first-order valence-electron chi connectivity index (χ1n) is 4.35. The lowest BCUT2D eigenvalue weighted by atomic mass is 10.3. The molecule has 6 nitrogen and oxygen atoms in total. The number of amides is 1. The predicted molar refractivity (Wildman–Crippen MR) is 57.2 cm³/mol. The van der Waals surface area contributed by atoms with E-state index in [1.54, 1.807) is 6.92 Å². The molecule has 1 atom stereocenters. The molecule has 0 bridgehead atoms. The summed E-state index contributed by atoms with van der Waals surface area (Å²) in [5.74, 6) is -0.238. The summed E-state index contributed by atoms with van der Waals surface area (Å²) in [6.07, 6.45) is 0. The second-order valence-electron chi connectivity index (χ2n) is 3.15. The van der Waals surface area contributed by atoms with Crippen molar-refractivity contribution < 1.29 is 14.5 Å². The van der Waals surface area contributed by atoms with Crippen molar-refractivity contribution in [2.75, 3.05) is 19.3 Å². The third kappa shape index (κ3) is 6.05.